The molecule has 1 aromatic heterocycles. The Morgan fingerprint density at radius 3 is 2.95 bits per heavy atom. The summed E-state index contributed by atoms with van der Waals surface area (Å²) in [6.07, 6.45) is 1.54. The number of nitrogens with zero attached hydrogens (tertiary/aromatic N) is 2. The van der Waals surface area contributed by atoms with Gasteiger partial charge in [-0.05, 0) is 24.7 Å². The van der Waals surface area contributed by atoms with Crippen LogP contribution in [0.25, 0.3) is 11.5 Å². The van der Waals surface area contributed by atoms with Crippen molar-refractivity contribution < 1.29 is 14.3 Å². The SMILES string of the molecule is CCN(CC(=O)O)Cc1coc(-c2cccc(Cl)c2)n1. The number of aromatic nitrogens is 1. The lowest BCUT2D eigenvalue weighted by Crippen LogP contribution is -2.29. The van der Waals surface area contributed by atoms with Gasteiger partial charge >= 0.3 is 5.97 Å². The molecule has 0 bridgehead atoms. The Morgan fingerprint density at radius 2 is 2.30 bits per heavy atom. The highest BCUT2D eigenvalue weighted by molar-refractivity contribution is 6.30. The minimum absolute atomic E-state index is 0.0180. The number of aliphatic carboxylic acids is 1. The molecule has 5 nitrogen and oxygen atoms in total. The summed E-state index contributed by atoms with van der Waals surface area (Å²) in [4.78, 5) is 16.8. The Labute approximate surface area is 121 Å². The highest BCUT2D eigenvalue weighted by Crippen LogP contribution is 2.22. The molecule has 0 fully saturated rings. The number of rotatable bonds is 6. The van der Waals surface area contributed by atoms with Gasteiger partial charge in [-0.3, -0.25) is 9.69 Å². The number of halogens is 1. The van der Waals surface area contributed by atoms with E-state index in [1.54, 1.807) is 23.3 Å². The maximum Gasteiger partial charge on any atom is 0.317 e. The average Bonchev–Trinajstić information content (AvgIpc) is 2.86. The molecule has 0 unspecified atom stereocenters. The molecule has 0 spiro atoms. The van der Waals surface area contributed by atoms with Crippen LogP contribution in [0.3, 0.4) is 0 Å². The third-order valence-electron chi connectivity index (χ3n) is 2.81. The molecule has 1 heterocycles. The van der Waals surface area contributed by atoms with Gasteiger partial charge in [-0.1, -0.05) is 24.6 Å². The Balaban J connectivity index is 2.10. The zero-order chi connectivity index (χ0) is 14.5. The van der Waals surface area contributed by atoms with E-state index >= 15 is 0 Å². The molecule has 0 saturated heterocycles. The molecule has 0 saturated carbocycles. The lowest BCUT2D eigenvalue weighted by molar-refractivity contribution is -0.138. The number of hydrogen-bond donors (Lipinski definition) is 1. The lowest BCUT2D eigenvalue weighted by Gasteiger charge is -2.15. The van der Waals surface area contributed by atoms with Gasteiger partial charge in [0.1, 0.15) is 6.26 Å². The average molecular weight is 295 g/mol. The zero-order valence-corrected chi connectivity index (χ0v) is 11.8. The summed E-state index contributed by atoms with van der Waals surface area (Å²) in [6, 6.07) is 7.23. The maximum absolute atomic E-state index is 10.7. The number of likely N-dealkylation sites (N-methyl/N-ethyl adjacent to an activating group) is 1. The molecule has 20 heavy (non-hydrogen) atoms. The molecule has 106 valence electrons. The topological polar surface area (TPSA) is 66.6 Å². The number of oxazole rings is 1. The zero-order valence-electron chi connectivity index (χ0n) is 11.0. The molecular weight excluding hydrogens is 280 g/mol. The second kappa shape index (κ2) is 6.54. The van der Waals surface area contributed by atoms with Crippen LogP contribution in [0, 0.1) is 0 Å². The highest BCUT2D eigenvalue weighted by Gasteiger charge is 2.12. The first kappa shape index (κ1) is 14.6. The van der Waals surface area contributed by atoms with E-state index in [2.05, 4.69) is 4.98 Å². The fourth-order valence-electron chi connectivity index (χ4n) is 1.83. The van der Waals surface area contributed by atoms with Crippen molar-refractivity contribution in [3.8, 4) is 11.5 Å². The van der Waals surface area contributed by atoms with Crippen LogP contribution >= 0.6 is 11.6 Å². The van der Waals surface area contributed by atoms with Gasteiger partial charge in [-0.2, -0.15) is 0 Å². The molecular formula is C14H15ClN2O3. The van der Waals surface area contributed by atoms with E-state index in [0.717, 1.165) is 5.56 Å². The summed E-state index contributed by atoms with van der Waals surface area (Å²) in [6.45, 7) is 2.95. The number of carboxylic acid groups (broad SMARTS) is 1. The van der Waals surface area contributed by atoms with Gasteiger partial charge in [-0.25, -0.2) is 4.98 Å². The van der Waals surface area contributed by atoms with Crippen LogP contribution in [0.1, 0.15) is 12.6 Å². The van der Waals surface area contributed by atoms with Crippen LogP contribution < -0.4 is 0 Å². The molecule has 0 atom stereocenters. The largest absolute Gasteiger partial charge is 0.480 e. The summed E-state index contributed by atoms with van der Waals surface area (Å²) < 4.78 is 5.41. The fourth-order valence-corrected chi connectivity index (χ4v) is 2.02. The molecule has 1 aromatic carbocycles. The first-order valence-electron chi connectivity index (χ1n) is 6.23. The molecule has 6 heteroatoms. The van der Waals surface area contributed by atoms with Crippen LogP contribution in [0.4, 0.5) is 0 Å². The quantitative estimate of drug-likeness (QED) is 0.887. The van der Waals surface area contributed by atoms with E-state index < -0.39 is 5.97 Å². The van der Waals surface area contributed by atoms with Crippen molar-refractivity contribution in [3.63, 3.8) is 0 Å². The molecule has 0 aliphatic rings. The minimum Gasteiger partial charge on any atom is -0.480 e. The third-order valence-corrected chi connectivity index (χ3v) is 3.05. The lowest BCUT2D eigenvalue weighted by atomic mass is 10.2. The first-order valence-corrected chi connectivity index (χ1v) is 6.60. The van der Waals surface area contributed by atoms with Crippen LogP contribution in [0.15, 0.2) is 34.9 Å². The summed E-state index contributed by atoms with van der Waals surface area (Å²) in [5.74, 6) is -0.376. The summed E-state index contributed by atoms with van der Waals surface area (Å²) >= 11 is 5.92. The van der Waals surface area contributed by atoms with Gasteiger partial charge in [0.25, 0.3) is 0 Å². The second-order valence-electron chi connectivity index (χ2n) is 4.35. The van der Waals surface area contributed by atoms with Crippen molar-refractivity contribution in [2.75, 3.05) is 13.1 Å². The van der Waals surface area contributed by atoms with E-state index in [9.17, 15) is 4.79 Å². The van der Waals surface area contributed by atoms with E-state index in [-0.39, 0.29) is 6.54 Å². The van der Waals surface area contributed by atoms with Crippen LogP contribution in [-0.4, -0.2) is 34.0 Å². The smallest absolute Gasteiger partial charge is 0.317 e. The minimum atomic E-state index is -0.856. The number of hydrogen-bond acceptors (Lipinski definition) is 4. The van der Waals surface area contributed by atoms with Crippen molar-refractivity contribution >= 4 is 17.6 Å². The summed E-state index contributed by atoms with van der Waals surface area (Å²) in [5.41, 5.74) is 1.49. The summed E-state index contributed by atoms with van der Waals surface area (Å²) in [5, 5.41) is 9.42. The van der Waals surface area contributed by atoms with Gasteiger partial charge < -0.3 is 9.52 Å². The highest BCUT2D eigenvalue weighted by atomic mass is 35.5. The van der Waals surface area contributed by atoms with E-state index in [4.69, 9.17) is 21.1 Å². The normalized spacial score (nSPS) is 10.9. The standard InChI is InChI=1S/C14H15ClN2O3/c1-2-17(8-13(18)19)7-12-9-20-14(16-12)10-4-3-5-11(15)6-10/h3-6,9H,2,7-8H2,1H3,(H,18,19). The number of carbonyl (C=O) groups is 1. The number of carboxylic acids is 1. The fraction of sp³-hybridized carbons (Fsp3) is 0.286. The molecule has 1 N–H and O–H groups in total. The van der Waals surface area contributed by atoms with E-state index in [1.165, 1.54) is 0 Å². The van der Waals surface area contributed by atoms with Crippen molar-refractivity contribution in [1.29, 1.82) is 0 Å². The van der Waals surface area contributed by atoms with Gasteiger partial charge in [0.15, 0.2) is 0 Å². The number of benzene rings is 1. The van der Waals surface area contributed by atoms with Crippen LogP contribution in [0.5, 0.6) is 0 Å². The Hall–Kier alpha value is -1.85. The van der Waals surface area contributed by atoms with Crippen molar-refractivity contribution in [2.45, 2.75) is 13.5 Å². The monoisotopic (exact) mass is 294 g/mol. The molecule has 0 radical (unpaired) electrons. The van der Waals surface area contributed by atoms with E-state index in [0.29, 0.717) is 29.7 Å². The van der Waals surface area contributed by atoms with Gasteiger partial charge in [0, 0.05) is 17.1 Å². The molecule has 2 aromatic rings. The Bertz CT molecular complexity index is 598. The van der Waals surface area contributed by atoms with Gasteiger partial charge in [-0.15, -0.1) is 0 Å². The molecule has 2 rings (SSSR count). The van der Waals surface area contributed by atoms with Crippen molar-refractivity contribution in [2.24, 2.45) is 0 Å². The third kappa shape index (κ3) is 3.82. The van der Waals surface area contributed by atoms with Gasteiger partial charge in [0.2, 0.25) is 5.89 Å². The molecule has 0 amide bonds. The maximum atomic E-state index is 10.7. The predicted octanol–water partition coefficient (Wildman–Crippen LogP) is 2.90. The van der Waals surface area contributed by atoms with Crippen LogP contribution in [-0.2, 0) is 11.3 Å². The summed E-state index contributed by atoms with van der Waals surface area (Å²) in [7, 11) is 0. The van der Waals surface area contributed by atoms with Crippen molar-refractivity contribution in [1.82, 2.24) is 9.88 Å². The molecule has 0 aliphatic carbocycles. The van der Waals surface area contributed by atoms with Gasteiger partial charge in [0.05, 0.1) is 12.2 Å². The van der Waals surface area contributed by atoms with E-state index in [1.807, 2.05) is 19.1 Å². The Kier molecular flexibility index (Phi) is 4.76. The Morgan fingerprint density at radius 1 is 1.50 bits per heavy atom. The molecule has 0 aliphatic heterocycles. The first-order chi connectivity index (χ1) is 9.58. The second-order valence-corrected chi connectivity index (χ2v) is 4.79. The predicted molar refractivity (Wildman–Crippen MR) is 75.5 cm³/mol. The van der Waals surface area contributed by atoms with Crippen LogP contribution in [0.2, 0.25) is 5.02 Å². The van der Waals surface area contributed by atoms with Crippen molar-refractivity contribution in [3.05, 3.63) is 41.2 Å².